The number of allylic oxidation sites excluding steroid dienone is 1. The van der Waals surface area contributed by atoms with Crippen molar-refractivity contribution in [3.8, 4) is 5.75 Å². The summed E-state index contributed by atoms with van der Waals surface area (Å²) >= 11 is 2.95. The molecule has 0 aliphatic carbocycles. The van der Waals surface area contributed by atoms with E-state index in [1.165, 1.54) is 27.8 Å². The average Bonchev–Trinajstić information content (AvgIpc) is 3.23. The molecule has 3 aromatic rings. The molecule has 140 valence electrons. The molecule has 0 fully saturated rings. The minimum Gasteiger partial charge on any atom is -0.492 e. The number of hydrogen-bond acceptors (Lipinski definition) is 8. The van der Waals surface area contributed by atoms with Gasteiger partial charge in [-0.15, -0.1) is 21.5 Å². The number of hydrogen-bond donors (Lipinski definition) is 1. The number of ketones is 1. The largest absolute Gasteiger partial charge is 0.492 e. The normalized spacial score (nSPS) is 11.2. The Balaban J connectivity index is 1.60. The first-order chi connectivity index (χ1) is 13.1. The van der Waals surface area contributed by atoms with Crippen LogP contribution in [0.15, 0.2) is 41.0 Å². The van der Waals surface area contributed by atoms with E-state index < -0.39 is 0 Å². The third-order valence-electron chi connectivity index (χ3n) is 3.73. The number of nitrogens with zero attached hydrogens (tertiary/aromatic N) is 4. The summed E-state index contributed by atoms with van der Waals surface area (Å²) in [6, 6.07) is 7.21. The van der Waals surface area contributed by atoms with Gasteiger partial charge in [0, 0.05) is 10.6 Å². The molecular formula is C18H19N5O2S2. The summed E-state index contributed by atoms with van der Waals surface area (Å²) in [6.45, 7) is 4.12. The molecule has 0 saturated carbocycles. The molecule has 9 heteroatoms. The van der Waals surface area contributed by atoms with E-state index in [2.05, 4.69) is 15.2 Å². The van der Waals surface area contributed by atoms with Crippen molar-refractivity contribution in [1.82, 2.24) is 19.9 Å². The standard InChI is InChI=1S/C18H19N5O2S2/c1-12-17(27-11-20-12)8-7-15(24)14-5-3-4-6-16(14)25-9-10-26-18-22-21-13(2)23(18)19/h3-8,11H,9-10,19H2,1-2H3. The monoisotopic (exact) mass is 401 g/mol. The van der Waals surface area contributed by atoms with Gasteiger partial charge in [-0.3, -0.25) is 4.79 Å². The molecule has 0 saturated heterocycles. The number of carbonyl (C=O) groups excluding carboxylic acids is 1. The number of nitrogen functional groups attached to an aromatic ring is 1. The first kappa shape index (κ1) is 19.1. The molecule has 1 aromatic carbocycles. The predicted octanol–water partition coefficient (Wildman–Crippen LogP) is 3.13. The fourth-order valence-corrected chi connectivity index (χ4v) is 3.65. The van der Waals surface area contributed by atoms with E-state index in [1.54, 1.807) is 36.7 Å². The maximum Gasteiger partial charge on any atom is 0.209 e. The molecule has 27 heavy (non-hydrogen) atoms. The van der Waals surface area contributed by atoms with Gasteiger partial charge in [-0.1, -0.05) is 23.9 Å². The van der Waals surface area contributed by atoms with Gasteiger partial charge < -0.3 is 10.6 Å². The highest BCUT2D eigenvalue weighted by Crippen LogP contribution is 2.21. The highest BCUT2D eigenvalue weighted by Gasteiger charge is 2.11. The Hall–Kier alpha value is -2.65. The maximum absolute atomic E-state index is 12.5. The van der Waals surface area contributed by atoms with Crippen LogP contribution in [0.25, 0.3) is 6.08 Å². The first-order valence-corrected chi connectivity index (χ1v) is 10.1. The molecule has 2 N–H and O–H groups in total. The van der Waals surface area contributed by atoms with Crippen molar-refractivity contribution in [3.63, 3.8) is 0 Å². The van der Waals surface area contributed by atoms with Crippen LogP contribution in [-0.2, 0) is 0 Å². The minimum atomic E-state index is -0.108. The minimum absolute atomic E-state index is 0.108. The van der Waals surface area contributed by atoms with E-state index >= 15 is 0 Å². The number of ether oxygens (including phenoxy) is 1. The van der Waals surface area contributed by atoms with Gasteiger partial charge in [-0.2, -0.15) is 0 Å². The summed E-state index contributed by atoms with van der Waals surface area (Å²) < 4.78 is 7.24. The number of carbonyl (C=O) groups is 1. The van der Waals surface area contributed by atoms with Gasteiger partial charge in [-0.05, 0) is 38.1 Å². The molecule has 0 aliphatic heterocycles. The fourth-order valence-electron chi connectivity index (χ4n) is 2.24. The number of rotatable bonds is 8. The fraction of sp³-hybridized carbons (Fsp3) is 0.222. The Kier molecular flexibility index (Phi) is 6.25. The van der Waals surface area contributed by atoms with Crippen LogP contribution in [0, 0.1) is 13.8 Å². The van der Waals surface area contributed by atoms with Crippen molar-refractivity contribution in [3.05, 3.63) is 57.8 Å². The molecular weight excluding hydrogens is 382 g/mol. The van der Waals surface area contributed by atoms with E-state index in [-0.39, 0.29) is 5.78 Å². The van der Waals surface area contributed by atoms with Crippen molar-refractivity contribution in [2.45, 2.75) is 19.0 Å². The molecule has 0 spiro atoms. The van der Waals surface area contributed by atoms with Crippen molar-refractivity contribution < 1.29 is 9.53 Å². The first-order valence-electron chi connectivity index (χ1n) is 8.20. The van der Waals surface area contributed by atoms with Gasteiger partial charge in [0.05, 0.1) is 23.4 Å². The van der Waals surface area contributed by atoms with Crippen LogP contribution in [0.2, 0.25) is 0 Å². The Labute approximate surface area is 165 Å². The molecule has 0 bridgehead atoms. The maximum atomic E-state index is 12.5. The quantitative estimate of drug-likeness (QED) is 0.204. The van der Waals surface area contributed by atoms with Crippen LogP contribution in [0.1, 0.15) is 26.8 Å². The van der Waals surface area contributed by atoms with Crippen LogP contribution in [0.3, 0.4) is 0 Å². The summed E-state index contributed by atoms with van der Waals surface area (Å²) in [6.07, 6.45) is 3.34. The van der Waals surface area contributed by atoms with Gasteiger partial charge in [0.25, 0.3) is 0 Å². The lowest BCUT2D eigenvalue weighted by atomic mass is 10.1. The molecule has 0 unspecified atom stereocenters. The average molecular weight is 402 g/mol. The van der Waals surface area contributed by atoms with Crippen LogP contribution in [-0.4, -0.2) is 38.0 Å². The van der Waals surface area contributed by atoms with Gasteiger partial charge in [0.2, 0.25) is 5.16 Å². The van der Waals surface area contributed by atoms with Gasteiger partial charge >= 0.3 is 0 Å². The molecule has 0 atom stereocenters. The number of thioether (sulfide) groups is 1. The van der Waals surface area contributed by atoms with E-state index in [9.17, 15) is 4.79 Å². The third kappa shape index (κ3) is 4.75. The van der Waals surface area contributed by atoms with E-state index in [1.807, 2.05) is 19.1 Å². The number of aromatic nitrogens is 4. The zero-order valence-electron chi connectivity index (χ0n) is 15.0. The molecule has 0 radical (unpaired) electrons. The van der Waals surface area contributed by atoms with Crippen LogP contribution < -0.4 is 10.6 Å². The SMILES string of the molecule is Cc1ncsc1C=CC(=O)c1ccccc1OCCSc1nnc(C)n1N. The molecule has 2 heterocycles. The number of para-hydroxylation sites is 1. The van der Waals surface area contributed by atoms with Gasteiger partial charge in [0.1, 0.15) is 11.6 Å². The lowest BCUT2D eigenvalue weighted by molar-refractivity contribution is 0.104. The number of aryl methyl sites for hydroxylation is 2. The van der Waals surface area contributed by atoms with Crippen LogP contribution in [0.4, 0.5) is 0 Å². The number of nitrogens with two attached hydrogens (primary N) is 1. The lowest BCUT2D eigenvalue weighted by Gasteiger charge is -2.09. The topological polar surface area (TPSA) is 95.9 Å². The van der Waals surface area contributed by atoms with Crippen LogP contribution in [0.5, 0.6) is 5.75 Å². The van der Waals surface area contributed by atoms with E-state index in [4.69, 9.17) is 10.6 Å². The zero-order valence-corrected chi connectivity index (χ0v) is 16.6. The van der Waals surface area contributed by atoms with Crippen molar-refractivity contribution in [2.24, 2.45) is 0 Å². The molecule has 7 nitrogen and oxygen atoms in total. The van der Waals surface area contributed by atoms with Gasteiger partial charge in [0.15, 0.2) is 5.78 Å². The van der Waals surface area contributed by atoms with Crippen molar-refractivity contribution in [2.75, 3.05) is 18.2 Å². The Bertz CT molecular complexity index is 964. The predicted molar refractivity (Wildman–Crippen MR) is 108 cm³/mol. The summed E-state index contributed by atoms with van der Waals surface area (Å²) in [4.78, 5) is 17.7. The second kappa shape index (κ2) is 8.83. The highest BCUT2D eigenvalue weighted by atomic mass is 32.2. The second-order valence-corrected chi connectivity index (χ2v) is 7.54. The smallest absolute Gasteiger partial charge is 0.209 e. The summed E-state index contributed by atoms with van der Waals surface area (Å²) in [7, 11) is 0. The van der Waals surface area contributed by atoms with E-state index in [0.717, 1.165) is 10.6 Å². The Morgan fingerprint density at radius 1 is 1.33 bits per heavy atom. The number of benzene rings is 1. The van der Waals surface area contributed by atoms with Crippen molar-refractivity contribution in [1.29, 1.82) is 0 Å². The molecule has 0 amide bonds. The summed E-state index contributed by atoms with van der Waals surface area (Å²) in [5, 5.41) is 8.53. The molecule has 3 rings (SSSR count). The summed E-state index contributed by atoms with van der Waals surface area (Å²) in [5.74, 6) is 7.55. The lowest BCUT2D eigenvalue weighted by Crippen LogP contribution is -2.12. The highest BCUT2D eigenvalue weighted by molar-refractivity contribution is 7.99. The number of thiazole rings is 1. The van der Waals surface area contributed by atoms with E-state index in [0.29, 0.717) is 34.7 Å². The zero-order chi connectivity index (χ0) is 19.2. The summed E-state index contributed by atoms with van der Waals surface area (Å²) in [5.41, 5.74) is 3.20. The molecule has 0 aliphatic rings. The Morgan fingerprint density at radius 3 is 2.85 bits per heavy atom. The Morgan fingerprint density at radius 2 is 2.15 bits per heavy atom. The van der Waals surface area contributed by atoms with Crippen molar-refractivity contribution >= 4 is 35.0 Å². The van der Waals surface area contributed by atoms with Gasteiger partial charge in [-0.25, -0.2) is 9.66 Å². The molecule has 2 aromatic heterocycles. The van der Waals surface area contributed by atoms with Crippen LogP contribution >= 0.6 is 23.1 Å². The third-order valence-corrected chi connectivity index (χ3v) is 5.53. The second-order valence-electron chi connectivity index (χ2n) is 5.59.